The number of rotatable bonds is 12. The maximum atomic E-state index is 11.2. The molecule has 0 aromatic carbocycles. The van der Waals surface area contributed by atoms with Crippen molar-refractivity contribution in [3.63, 3.8) is 0 Å². The van der Waals surface area contributed by atoms with Crippen molar-refractivity contribution in [3.8, 4) is 0 Å². The van der Waals surface area contributed by atoms with Crippen molar-refractivity contribution in [2.75, 3.05) is 13.7 Å². The molecule has 0 radical (unpaired) electrons. The van der Waals surface area contributed by atoms with E-state index < -0.39 is 18.0 Å². The van der Waals surface area contributed by atoms with E-state index in [-0.39, 0.29) is 6.61 Å². The van der Waals surface area contributed by atoms with Crippen molar-refractivity contribution >= 4 is 12.3 Å². The van der Waals surface area contributed by atoms with Crippen LogP contribution < -0.4 is 0 Å². The maximum absolute atomic E-state index is 11.2. The number of cyclic esters (lactones) is 1. The molecule has 5 heteroatoms. The Labute approximate surface area is 187 Å². The number of aldehydes is 1. The Morgan fingerprint density at radius 1 is 1.13 bits per heavy atom. The summed E-state index contributed by atoms with van der Waals surface area (Å²) in [6.45, 7) is 4.58. The van der Waals surface area contributed by atoms with Crippen molar-refractivity contribution in [3.05, 3.63) is 47.3 Å². The van der Waals surface area contributed by atoms with Crippen LogP contribution in [0.1, 0.15) is 78.1 Å². The van der Waals surface area contributed by atoms with Gasteiger partial charge < -0.3 is 14.6 Å². The number of allylic oxidation sites excluding steroid dienone is 6. The normalized spacial score (nSPS) is 20.8. The number of hydrogen-bond acceptors (Lipinski definition) is 5. The van der Waals surface area contributed by atoms with Gasteiger partial charge in [0.1, 0.15) is 18.7 Å². The maximum Gasteiger partial charge on any atom is 0.335 e. The third-order valence-electron chi connectivity index (χ3n) is 5.46. The van der Waals surface area contributed by atoms with Crippen LogP contribution in [0, 0.1) is 5.92 Å². The number of aliphatic hydroxyl groups is 1. The molecule has 174 valence electrons. The topological polar surface area (TPSA) is 72.8 Å². The van der Waals surface area contributed by atoms with Crippen molar-refractivity contribution in [1.29, 1.82) is 0 Å². The van der Waals surface area contributed by atoms with Gasteiger partial charge >= 0.3 is 5.97 Å². The Morgan fingerprint density at radius 2 is 1.74 bits per heavy atom. The second-order valence-electron chi connectivity index (χ2n) is 8.04. The minimum atomic E-state index is -1.27. The number of hydrogen-bond donors (Lipinski definition) is 1. The van der Waals surface area contributed by atoms with E-state index in [0.29, 0.717) is 24.0 Å². The lowest BCUT2D eigenvalue weighted by Crippen LogP contribution is -2.24. The number of carbonyl (C=O) groups excluding carboxylic acids is 2. The van der Waals surface area contributed by atoms with Crippen molar-refractivity contribution in [2.24, 2.45) is 5.92 Å². The lowest BCUT2D eigenvalue weighted by atomic mass is 9.94. The molecule has 1 fully saturated rings. The Balaban J connectivity index is 0.000000373. The van der Waals surface area contributed by atoms with Gasteiger partial charge in [-0.25, -0.2) is 4.79 Å². The van der Waals surface area contributed by atoms with Gasteiger partial charge in [0.15, 0.2) is 6.10 Å². The average Bonchev–Trinajstić information content (AvgIpc) is 2.97. The minimum Gasteiger partial charge on any atom is -0.497 e. The van der Waals surface area contributed by atoms with Crippen LogP contribution in [0.15, 0.2) is 47.3 Å². The first-order valence-corrected chi connectivity index (χ1v) is 11.7. The van der Waals surface area contributed by atoms with Gasteiger partial charge in [0.25, 0.3) is 0 Å². The van der Waals surface area contributed by atoms with Gasteiger partial charge in [-0.3, -0.25) is 4.79 Å². The summed E-state index contributed by atoms with van der Waals surface area (Å²) >= 11 is 0. The van der Waals surface area contributed by atoms with E-state index in [2.05, 4.69) is 13.8 Å². The summed E-state index contributed by atoms with van der Waals surface area (Å²) in [6, 6.07) is 0. The molecule has 1 N–H and O–H groups in total. The highest BCUT2D eigenvalue weighted by atomic mass is 16.6. The first-order chi connectivity index (χ1) is 15.1. The van der Waals surface area contributed by atoms with Crippen LogP contribution in [0.3, 0.4) is 0 Å². The van der Waals surface area contributed by atoms with Gasteiger partial charge in [-0.1, -0.05) is 89.9 Å². The lowest BCUT2D eigenvalue weighted by Gasteiger charge is -2.10. The molecule has 2 rings (SSSR count). The van der Waals surface area contributed by atoms with Gasteiger partial charge in [0, 0.05) is 5.57 Å². The monoisotopic (exact) mass is 432 g/mol. The summed E-state index contributed by atoms with van der Waals surface area (Å²) in [5.74, 6) is -0.618. The van der Waals surface area contributed by atoms with Crippen LogP contribution in [0.25, 0.3) is 0 Å². The third-order valence-corrected chi connectivity index (χ3v) is 5.46. The van der Waals surface area contributed by atoms with Crippen LogP contribution in [0.2, 0.25) is 0 Å². The van der Waals surface area contributed by atoms with E-state index in [4.69, 9.17) is 9.47 Å². The molecule has 5 nitrogen and oxygen atoms in total. The molecule has 0 unspecified atom stereocenters. The number of carbonyl (C=O) groups is 2. The molecule has 0 saturated carbocycles. The summed E-state index contributed by atoms with van der Waals surface area (Å²) in [7, 11) is 1.57. The fourth-order valence-electron chi connectivity index (χ4n) is 3.50. The highest BCUT2D eigenvalue weighted by Gasteiger charge is 2.37. The predicted octanol–water partition coefficient (Wildman–Crippen LogP) is 5.60. The van der Waals surface area contributed by atoms with Gasteiger partial charge in [0.2, 0.25) is 0 Å². The van der Waals surface area contributed by atoms with Crippen LogP contribution in [-0.4, -0.2) is 37.2 Å². The van der Waals surface area contributed by atoms with E-state index in [1.165, 1.54) is 57.8 Å². The molecular weight excluding hydrogens is 392 g/mol. The number of aliphatic hydroxyl groups excluding tert-OH is 1. The Morgan fingerprint density at radius 3 is 2.23 bits per heavy atom. The Bertz CT molecular complexity index is 649. The molecule has 1 aliphatic carbocycles. The van der Waals surface area contributed by atoms with Crippen LogP contribution >= 0.6 is 0 Å². The Hall–Kier alpha value is -2.14. The van der Waals surface area contributed by atoms with Gasteiger partial charge in [-0.15, -0.1) is 0 Å². The second-order valence-corrected chi connectivity index (χ2v) is 8.04. The molecular formula is C26H40O5. The van der Waals surface area contributed by atoms with Crippen LogP contribution in [-0.2, 0) is 19.1 Å². The van der Waals surface area contributed by atoms with E-state index in [9.17, 15) is 14.7 Å². The molecule has 2 atom stereocenters. The standard InChI is InChI=1S/C15H16O5.C11H24/c1-19-12-5-3-2-4-10(7-12)6-11(8-16)13-9-20-15(18)14(13)17;1-3-5-7-9-11-10-8-6-4-2/h2-3,5-8,13-14,17H,4,9H2,1H3;3-11H2,1-2H3/b11-6+;/t13-,14+;/m0./s1. The molecule has 0 aromatic heterocycles. The van der Waals surface area contributed by atoms with Gasteiger partial charge in [-0.05, 0) is 24.1 Å². The highest BCUT2D eigenvalue weighted by Crippen LogP contribution is 2.25. The zero-order valence-electron chi connectivity index (χ0n) is 19.5. The quantitative estimate of drug-likeness (QED) is 0.188. The minimum absolute atomic E-state index is 0.0284. The predicted molar refractivity (Wildman–Crippen MR) is 124 cm³/mol. The molecule has 1 aliphatic heterocycles. The lowest BCUT2D eigenvalue weighted by molar-refractivity contribution is -0.144. The molecule has 0 bridgehead atoms. The van der Waals surface area contributed by atoms with E-state index in [0.717, 1.165) is 5.57 Å². The van der Waals surface area contributed by atoms with Gasteiger partial charge in [0.05, 0.1) is 13.0 Å². The second kappa shape index (κ2) is 16.5. The fourth-order valence-corrected chi connectivity index (χ4v) is 3.50. The first kappa shape index (κ1) is 26.9. The summed E-state index contributed by atoms with van der Waals surface area (Å²) < 4.78 is 9.93. The Kier molecular flexibility index (Phi) is 14.3. The summed E-state index contributed by atoms with van der Waals surface area (Å²) in [5, 5.41) is 9.70. The van der Waals surface area contributed by atoms with Crippen molar-refractivity contribution in [2.45, 2.75) is 84.2 Å². The fraction of sp³-hybridized carbons (Fsp3) is 0.615. The van der Waals surface area contributed by atoms with Crippen LogP contribution in [0.5, 0.6) is 0 Å². The summed E-state index contributed by atoms with van der Waals surface area (Å²) in [5.41, 5.74) is 1.21. The summed E-state index contributed by atoms with van der Waals surface area (Å²) in [4.78, 5) is 22.4. The molecule has 0 amide bonds. The molecule has 1 heterocycles. The van der Waals surface area contributed by atoms with Crippen LogP contribution in [0.4, 0.5) is 0 Å². The first-order valence-electron chi connectivity index (χ1n) is 11.7. The molecule has 0 spiro atoms. The molecule has 31 heavy (non-hydrogen) atoms. The summed E-state index contributed by atoms with van der Waals surface area (Å²) in [6.07, 6.45) is 22.1. The van der Waals surface area contributed by atoms with Crippen molar-refractivity contribution in [1.82, 2.24) is 0 Å². The van der Waals surface area contributed by atoms with E-state index in [1.54, 1.807) is 13.2 Å². The zero-order valence-corrected chi connectivity index (χ0v) is 19.5. The van der Waals surface area contributed by atoms with Gasteiger partial charge in [-0.2, -0.15) is 0 Å². The largest absolute Gasteiger partial charge is 0.497 e. The highest BCUT2D eigenvalue weighted by molar-refractivity contribution is 5.83. The van der Waals surface area contributed by atoms with Crippen molar-refractivity contribution < 1.29 is 24.2 Å². The zero-order chi connectivity index (χ0) is 22.9. The SMILES string of the molecule is CCCCCCCCCCC.COC1=CC=CCC(/C=C(\C=O)[C@@H]2COC(=O)[C@@H]2O)=C1. The average molecular weight is 433 g/mol. The number of methoxy groups -OCH3 is 1. The molecule has 0 aromatic rings. The van der Waals surface area contributed by atoms with E-state index >= 15 is 0 Å². The molecule has 2 aliphatic rings. The number of ether oxygens (including phenoxy) is 2. The molecule has 1 saturated heterocycles. The smallest absolute Gasteiger partial charge is 0.335 e. The number of esters is 1. The number of unbranched alkanes of at least 4 members (excludes halogenated alkanes) is 8. The van der Waals surface area contributed by atoms with E-state index in [1.807, 2.05) is 24.3 Å². The third kappa shape index (κ3) is 10.6.